The van der Waals surface area contributed by atoms with Crippen molar-refractivity contribution in [3.05, 3.63) is 42.2 Å². The predicted octanol–water partition coefficient (Wildman–Crippen LogP) is 7.78. The molecule has 1 heterocycles. The fraction of sp³-hybridized carbons (Fsp3) is 0.615. The molecule has 2 rings (SSSR count). The highest BCUT2D eigenvalue weighted by Crippen LogP contribution is 2.21. The Morgan fingerprint density at radius 2 is 1.34 bits per heavy atom. The number of hydrogen-bond acceptors (Lipinski definition) is 3. The maximum atomic E-state index is 6.04. The summed E-state index contributed by atoms with van der Waals surface area (Å²) in [5.74, 6) is 1.72. The van der Waals surface area contributed by atoms with Gasteiger partial charge in [-0.2, -0.15) is 0 Å². The highest BCUT2D eigenvalue weighted by molar-refractivity contribution is 5.55. The van der Waals surface area contributed by atoms with E-state index in [9.17, 15) is 0 Å². The van der Waals surface area contributed by atoms with Crippen molar-refractivity contribution in [3.8, 4) is 17.1 Å². The van der Waals surface area contributed by atoms with Crippen LogP contribution in [0.5, 0.6) is 5.75 Å². The van der Waals surface area contributed by atoms with Crippen LogP contribution in [0.25, 0.3) is 11.4 Å². The van der Waals surface area contributed by atoms with Gasteiger partial charge in [0.05, 0.1) is 6.10 Å². The third-order valence-corrected chi connectivity index (χ3v) is 5.44. The minimum absolute atomic E-state index is 0.259. The number of unbranched alkanes of at least 4 members (excludes halogenated alkanes) is 8. The van der Waals surface area contributed by atoms with Crippen molar-refractivity contribution < 1.29 is 4.74 Å². The molecule has 1 atom stereocenters. The van der Waals surface area contributed by atoms with E-state index >= 15 is 0 Å². The molecule has 0 aliphatic heterocycles. The van der Waals surface area contributed by atoms with Crippen LogP contribution in [-0.4, -0.2) is 16.1 Å². The number of ether oxygens (including phenoxy) is 1. The van der Waals surface area contributed by atoms with Gasteiger partial charge >= 0.3 is 0 Å². The Labute approximate surface area is 178 Å². The third-order valence-electron chi connectivity index (χ3n) is 5.44. The molecule has 0 amide bonds. The Bertz CT molecular complexity index is 651. The third kappa shape index (κ3) is 9.43. The maximum absolute atomic E-state index is 6.04. The molecule has 0 bridgehead atoms. The number of rotatable bonds is 15. The van der Waals surface area contributed by atoms with Crippen LogP contribution in [0.1, 0.15) is 97.0 Å². The Hall–Kier alpha value is -1.90. The lowest BCUT2D eigenvalue weighted by atomic mass is 10.1. The second kappa shape index (κ2) is 14.1. The fourth-order valence-corrected chi connectivity index (χ4v) is 3.57. The zero-order valence-electron chi connectivity index (χ0n) is 18.8. The van der Waals surface area contributed by atoms with Gasteiger partial charge in [-0.1, -0.05) is 65.2 Å². The monoisotopic (exact) mass is 396 g/mol. The van der Waals surface area contributed by atoms with Crippen molar-refractivity contribution in [2.45, 2.75) is 104 Å². The van der Waals surface area contributed by atoms with Gasteiger partial charge in [0.25, 0.3) is 0 Å². The molecule has 0 N–H and O–H groups in total. The van der Waals surface area contributed by atoms with Crippen molar-refractivity contribution in [1.82, 2.24) is 9.97 Å². The van der Waals surface area contributed by atoms with E-state index in [4.69, 9.17) is 4.74 Å². The van der Waals surface area contributed by atoms with Crippen molar-refractivity contribution in [2.75, 3.05) is 0 Å². The highest BCUT2D eigenvalue weighted by Gasteiger charge is 2.06. The van der Waals surface area contributed by atoms with E-state index in [1.807, 2.05) is 24.5 Å². The van der Waals surface area contributed by atoms with E-state index < -0.39 is 0 Å². The molecule has 0 spiro atoms. The van der Waals surface area contributed by atoms with Crippen LogP contribution in [-0.2, 0) is 6.42 Å². The molecule has 3 nitrogen and oxygen atoms in total. The Balaban J connectivity index is 1.76. The van der Waals surface area contributed by atoms with Crippen LogP contribution >= 0.6 is 0 Å². The molecule has 0 aliphatic carbocycles. The van der Waals surface area contributed by atoms with Gasteiger partial charge < -0.3 is 4.74 Å². The minimum atomic E-state index is 0.259. The van der Waals surface area contributed by atoms with Gasteiger partial charge in [-0.05, 0) is 62.4 Å². The number of aromatic nitrogens is 2. The average Bonchev–Trinajstić information content (AvgIpc) is 2.75. The van der Waals surface area contributed by atoms with E-state index in [0.29, 0.717) is 0 Å². The summed E-state index contributed by atoms with van der Waals surface area (Å²) in [4.78, 5) is 9.15. The molecule has 1 aromatic heterocycles. The summed E-state index contributed by atoms with van der Waals surface area (Å²) >= 11 is 0. The molecular formula is C26H40N2O. The largest absolute Gasteiger partial charge is 0.491 e. The van der Waals surface area contributed by atoms with E-state index in [1.165, 1.54) is 69.8 Å². The molecule has 1 unspecified atom stereocenters. The van der Waals surface area contributed by atoms with Crippen molar-refractivity contribution in [3.63, 3.8) is 0 Å². The first-order chi connectivity index (χ1) is 14.2. The molecule has 160 valence electrons. The lowest BCUT2D eigenvalue weighted by Gasteiger charge is -2.14. The van der Waals surface area contributed by atoms with E-state index in [0.717, 1.165) is 30.0 Å². The normalized spacial score (nSPS) is 12.1. The van der Waals surface area contributed by atoms with Crippen LogP contribution < -0.4 is 4.74 Å². The summed E-state index contributed by atoms with van der Waals surface area (Å²) in [5, 5.41) is 0. The Kier molecular flexibility index (Phi) is 11.4. The van der Waals surface area contributed by atoms with E-state index in [-0.39, 0.29) is 6.10 Å². The van der Waals surface area contributed by atoms with Gasteiger partial charge in [-0.3, -0.25) is 0 Å². The zero-order chi connectivity index (χ0) is 20.7. The van der Waals surface area contributed by atoms with E-state index in [1.54, 1.807) is 0 Å². The van der Waals surface area contributed by atoms with Gasteiger partial charge in [0, 0.05) is 18.0 Å². The second-order valence-corrected chi connectivity index (χ2v) is 8.23. The molecule has 0 aliphatic rings. The summed E-state index contributed by atoms with van der Waals surface area (Å²) in [7, 11) is 0. The van der Waals surface area contributed by atoms with E-state index in [2.05, 4.69) is 42.9 Å². The molecule has 0 fully saturated rings. The smallest absolute Gasteiger partial charge is 0.159 e. The van der Waals surface area contributed by atoms with Gasteiger partial charge in [0.15, 0.2) is 5.82 Å². The number of aryl methyl sites for hydroxylation is 1. The SMILES string of the molecule is CCCCCCCCc1cnc(-c2ccc(OC(C)CCCCCC)cc2)nc1. The molecule has 1 aromatic carbocycles. The van der Waals surface area contributed by atoms with Gasteiger partial charge in [-0.25, -0.2) is 9.97 Å². The van der Waals surface area contributed by atoms with Crippen LogP contribution in [0.15, 0.2) is 36.7 Å². The van der Waals surface area contributed by atoms with Crippen LogP contribution in [0.3, 0.4) is 0 Å². The summed E-state index contributed by atoms with van der Waals surface area (Å²) in [6.07, 6.45) is 19.5. The summed E-state index contributed by atoms with van der Waals surface area (Å²) < 4.78 is 6.04. The number of hydrogen-bond donors (Lipinski definition) is 0. The molecule has 0 saturated carbocycles. The average molecular weight is 397 g/mol. The van der Waals surface area contributed by atoms with Crippen molar-refractivity contribution in [1.29, 1.82) is 0 Å². The molecule has 3 heteroatoms. The van der Waals surface area contributed by atoms with Gasteiger partial charge in [0.2, 0.25) is 0 Å². The second-order valence-electron chi connectivity index (χ2n) is 8.23. The standard InChI is InChI=1S/C26H40N2O/c1-4-6-8-10-11-13-15-23-20-27-26(28-21-23)24-16-18-25(19-17-24)29-22(3)14-12-9-7-5-2/h16-22H,4-15H2,1-3H3. The Morgan fingerprint density at radius 3 is 2.00 bits per heavy atom. The van der Waals surface area contributed by atoms with Crippen molar-refractivity contribution >= 4 is 0 Å². The summed E-state index contributed by atoms with van der Waals surface area (Å²) in [6, 6.07) is 8.18. The summed E-state index contributed by atoms with van der Waals surface area (Å²) in [6.45, 7) is 6.66. The molecule has 29 heavy (non-hydrogen) atoms. The van der Waals surface area contributed by atoms with Crippen LogP contribution in [0.4, 0.5) is 0 Å². The Morgan fingerprint density at radius 1 is 0.759 bits per heavy atom. The summed E-state index contributed by atoms with van der Waals surface area (Å²) in [5.41, 5.74) is 2.28. The van der Waals surface area contributed by atoms with Crippen molar-refractivity contribution in [2.24, 2.45) is 0 Å². The first-order valence-corrected chi connectivity index (χ1v) is 11.8. The maximum Gasteiger partial charge on any atom is 0.159 e. The molecule has 0 radical (unpaired) electrons. The number of nitrogens with zero attached hydrogens (tertiary/aromatic N) is 2. The quantitative estimate of drug-likeness (QED) is 0.288. The van der Waals surface area contributed by atoms with Crippen LogP contribution in [0, 0.1) is 0 Å². The first kappa shape index (κ1) is 23.4. The zero-order valence-corrected chi connectivity index (χ0v) is 18.8. The lowest BCUT2D eigenvalue weighted by Crippen LogP contribution is -2.11. The lowest BCUT2D eigenvalue weighted by molar-refractivity contribution is 0.206. The van der Waals surface area contributed by atoms with Gasteiger partial charge in [-0.15, -0.1) is 0 Å². The highest BCUT2D eigenvalue weighted by atomic mass is 16.5. The van der Waals surface area contributed by atoms with Crippen LogP contribution in [0.2, 0.25) is 0 Å². The molecule has 2 aromatic rings. The minimum Gasteiger partial charge on any atom is -0.491 e. The topological polar surface area (TPSA) is 35.0 Å². The van der Waals surface area contributed by atoms with Gasteiger partial charge in [0.1, 0.15) is 5.75 Å². The predicted molar refractivity (Wildman–Crippen MR) is 123 cm³/mol. The molecule has 0 saturated heterocycles. The molecular weight excluding hydrogens is 356 g/mol. The first-order valence-electron chi connectivity index (χ1n) is 11.8. The number of benzene rings is 1. The fourth-order valence-electron chi connectivity index (χ4n) is 3.57.